The number of fused-ring (bicyclic) bond motifs is 2. The van der Waals surface area contributed by atoms with Crippen molar-refractivity contribution in [3.63, 3.8) is 0 Å². The van der Waals surface area contributed by atoms with E-state index < -0.39 is 0 Å². The molecule has 0 heterocycles. The van der Waals surface area contributed by atoms with Crippen LogP contribution in [0.1, 0.15) is 21.5 Å². The van der Waals surface area contributed by atoms with E-state index in [0.29, 0.717) is 18.5 Å². The van der Waals surface area contributed by atoms with Crippen molar-refractivity contribution in [1.29, 1.82) is 0 Å². The van der Waals surface area contributed by atoms with Gasteiger partial charge >= 0.3 is 0 Å². The molecule has 0 radical (unpaired) electrons. The van der Waals surface area contributed by atoms with Crippen LogP contribution in [-0.4, -0.2) is 43.2 Å². The van der Waals surface area contributed by atoms with Gasteiger partial charge in [0.1, 0.15) is 5.75 Å². The van der Waals surface area contributed by atoms with Crippen molar-refractivity contribution in [2.75, 3.05) is 20.1 Å². The summed E-state index contributed by atoms with van der Waals surface area (Å²) in [5.74, 6) is -0.00847. The second-order valence-electron chi connectivity index (χ2n) is 10.1. The summed E-state index contributed by atoms with van der Waals surface area (Å²) in [6.45, 7) is 1.42. The lowest BCUT2D eigenvalue weighted by atomic mass is 9.97. The highest BCUT2D eigenvalue weighted by molar-refractivity contribution is 5.94. The molecule has 5 aromatic carbocycles. The summed E-state index contributed by atoms with van der Waals surface area (Å²) in [5.41, 5.74) is 3.00. The average Bonchev–Trinajstić information content (AvgIpc) is 2.96. The van der Waals surface area contributed by atoms with Crippen LogP contribution < -0.4 is 16.0 Å². The first-order chi connectivity index (χ1) is 19.1. The first-order valence-electron chi connectivity index (χ1n) is 13.5. The summed E-state index contributed by atoms with van der Waals surface area (Å²) >= 11 is 0. The van der Waals surface area contributed by atoms with Gasteiger partial charge in [0, 0.05) is 30.7 Å². The molecule has 1 amide bonds. The van der Waals surface area contributed by atoms with Gasteiger partial charge in [-0.3, -0.25) is 4.79 Å². The molecule has 0 unspecified atom stereocenters. The zero-order valence-electron chi connectivity index (χ0n) is 22.2. The minimum absolute atomic E-state index is 0.131. The van der Waals surface area contributed by atoms with Crippen LogP contribution in [0.4, 0.5) is 0 Å². The predicted octanol–water partition coefficient (Wildman–Crippen LogP) is 5.46. The molecule has 4 N–H and O–H groups in total. The van der Waals surface area contributed by atoms with E-state index in [-0.39, 0.29) is 23.7 Å². The summed E-state index contributed by atoms with van der Waals surface area (Å²) in [4.78, 5) is 13.2. The number of phenolic OH excluding ortho intramolecular Hbond substituents is 1. The Balaban J connectivity index is 1.34. The number of aromatic hydroxyl groups is 1. The van der Waals surface area contributed by atoms with Gasteiger partial charge in [0.05, 0.1) is 0 Å². The Labute approximate surface area is 229 Å². The molecule has 0 saturated heterocycles. The molecule has 5 rings (SSSR count). The number of likely N-dealkylation sites (N-methyl/N-ethyl adjacent to an activating group) is 1. The Hall–Kier alpha value is -4.19. The van der Waals surface area contributed by atoms with E-state index in [9.17, 15) is 9.90 Å². The van der Waals surface area contributed by atoms with E-state index in [0.717, 1.165) is 13.0 Å². The monoisotopic (exact) mass is 517 g/mol. The molecule has 5 heteroatoms. The number of hydrogen-bond acceptors (Lipinski definition) is 4. The fraction of sp³-hybridized carbons (Fsp3) is 0.206. The second-order valence-corrected chi connectivity index (χ2v) is 10.1. The fourth-order valence-corrected chi connectivity index (χ4v) is 5.21. The van der Waals surface area contributed by atoms with Gasteiger partial charge in [-0.05, 0) is 76.8 Å². The number of phenols is 1. The van der Waals surface area contributed by atoms with Crippen molar-refractivity contribution in [3.8, 4) is 5.75 Å². The van der Waals surface area contributed by atoms with Crippen molar-refractivity contribution in [3.05, 3.63) is 126 Å². The highest BCUT2D eigenvalue weighted by atomic mass is 16.3. The fourth-order valence-electron chi connectivity index (χ4n) is 5.21. The molecular formula is C34H35N3O2. The molecule has 0 spiro atoms. The zero-order chi connectivity index (χ0) is 27.0. The molecule has 5 aromatic rings. The molecule has 0 aliphatic carbocycles. The number of hydrogen-bond donors (Lipinski definition) is 4. The molecule has 0 aliphatic rings. The van der Waals surface area contributed by atoms with Gasteiger partial charge in [-0.25, -0.2) is 0 Å². The number of carbonyl (C=O) groups is 1. The van der Waals surface area contributed by atoms with Crippen LogP contribution in [0.5, 0.6) is 5.75 Å². The molecule has 0 saturated carbocycles. The molecule has 39 heavy (non-hydrogen) atoms. The maximum atomic E-state index is 13.2. The zero-order valence-corrected chi connectivity index (χ0v) is 22.2. The Bertz CT molecular complexity index is 1540. The number of rotatable bonds is 11. The highest BCUT2D eigenvalue weighted by Gasteiger charge is 2.18. The van der Waals surface area contributed by atoms with Crippen LogP contribution in [-0.2, 0) is 12.8 Å². The highest BCUT2D eigenvalue weighted by Crippen LogP contribution is 2.21. The van der Waals surface area contributed by atoms with Gasteiger partial charge in [0.2, 0.25) is 0 Å². The third-order valence-electron chi connectivity index (χ3n) is 7.21. The maximum Gasteiger partial charge on any atom is 0.251 e. The lowest BCUT2D eigenvalue weighted by Crippen LogP contribution is -2.48. The van der Waals surface area contributed by atoms with Gasteiger partial charge in [-0.2, -0.15) is 0 Å². The SMILES string of the molecule is CNC[C@@H](Cc1ccc2ccccc2c1)NC[C@H](Cc1cccc2ccccc12)NC(=O)c1ccc(O)cc1. The predicted molar refractivity (Wildman–Crippen MR) is 160 cm³/mol. The summed E-state index contributed by atoms with van der Waals surface area (Å²) in [7, 11) is 1.97. The Morgan fingerprint density at radius 1 is 0.718 bits per heavy atom. The lowest BCUT2D eigenvalue weighted by Gasteiger charge is -2.25. The van der Waals surface area contributed by atoms with Crippen LogP contribution in [0.2, 0.25) is 0 Å². The molecule has 0 aliphatic heterocycles. The standard InChI is InChI=1S/C34H35N3O2/c1-35-22-30(20-24-13-14-25-7-2-3-9-28(25)19-24)36-23-31(37-34(39)27-15-17-32(38)18-16-27)21-29-11-6-10-26-8-4-5-12-33(26)29/h2-19,30-31,35-36,38H,20-23H2,1H3,(H,37,39)/t30-,31+/m1/s1. The first kappa shape index (κ1) is 26.4. The summed E-state index contributed by atoms with van der Waals surface area (Å²) in [6.07, 6.45) is 1.57. The number of nitrogens with one attached hydrogen (secondary N) is 3. The minimum atomic E-state index is -0.151. The van der Waals surface area contributed by atoms with E-state index in [4.69, 9.17) is 0 Å². The van der Waals surface area contributed by atoms with Crippen LogP contribution in [0.25, 0.3) is 21.5 Å². The molecule has 2 atom stereocenters. The third kappa shape index (κ3) is 6.82. The van der Waals surface area contributed by atoms with E-state index >= 15 is 0 Å². The molecular weight excluding hydrogens is 482 g/mol. The van der Waals surface area contributed by atoms with Crippen LogP contribution in [0, 0.1) is 0 Å². The van der Waals surface area contributed by atoms with Gasteiger partial charge < -0.3 is 21.1 Å². The summed E-state index contributed by atoms with van der Waals surface area (Å²) in [5, 5.41) is 24.8. The van der Waals surface area contributed by atoms with E-state index in [1.165, 1.54) is 32.7 Å². The van der Waals surface area contributed by atoms with Crippen molar-refractivity contribution in [2.24, 2.45) is 0 Å². The normalized spacial score (nSPS) is 12.8. The Morgan fingerprint density at radius 2 is 1.44 bits per heavy atom. The van der Waals surface area contributed by atoms with Crippen molar-refractivity contribution in [2.45, 2.75) is 24.9 Å². The number of benzene rings is 5. The summed E-state index contributed by atoms with van der Waals surface area (Å²) < 4.78 is 0. The summed E-state index contributed by atoms with van der Waals surface area (Å²) in [6, 6.07) is 36.2. The van der Waals surface area contributed by atoms with E-state index in [1.807, 2.05) is 13.1 Å². The molecule has 0 bridgehead atoms. The van der Waals surface area contributed by atoms with Crippen molar-refractivity contribution >= 4 is 27.5 Å². The van der Waals surface area contributed by atoms with Crippen LogP contribution >= 0.6 is 0 Å². The second kappa shape index (κ2) is 12.6. The quantitative estimate of drug-likeness (QED) is 0.188. The third-order valence-corrected chi connectivity index (χ3v) is 7.21. The largest absolute Gasteiger partial charge is 0.508 e. The average molecular weight is 518 g/mol. The Kier molecular flexibility index (Phi) is 8.51. The van der Waals surface area contributed by atoms with E-state index in [1.54, 1.807) is 24.3 Å². The maximum absolute atomic E-state index is 13.2. The topological polar surface area (TPSA) is 73.4 Å². The van der Waals surface area contributed by atoms with Gasteiger partial charge in [0.25, 0.3) is 5.91 Å². The van der Waals surface area contributed by atoms with Gasteiger partial charge in [0.15, 0.2) is 0 Å². The molecule has 198 valence electrons. The number of amides is 1. The smallest absolute Gasteiger partial charge is 0.251 e. The van der Waals surface area contributed by atoms with Crippen molar-refractivity contribution < 1.29 is 9.90 Å². The minimum Gasteiger partial charge on any atom is -0.508 e. The van der Waals surface area contributed by atoms with E-state index in [2.05, 4.69) is 94.8 Å². The Morgan fingerprint density at radius 3 is 2.23 bits per heavy atom. The number of carbonyl (C=O) groups excluding carboxylic acids is 1. The van der Waals surface area contributed by atoms with Gasteiger partial charge in [-0.1, -0.05) is 84.9 Å². The molecule has 0 fully saturated rings. The first-order valence-corrected chi connectivity index (χ1v) is 13.5. The van der Waals surface area contributed by atoms with Gasteiger partial charge in [-0.15, -0.1) is 0 Å². The van der Waals surface area contributed by atoms with Crippen LogP contribution in [0.15, 0.2) is 109 Å². The lowest BCUT2D eigenvalue weighted by molar-refractivity contribution is 0.0935. The van der Waals surface area contributed by atoms with Crippen molar-refractivity contribution in [1.82, 2.24) is 16.0 Å². The van der Waals surface area contributed by atoms with Crippen LogP contribution in [0.3, 0.4) is 0 Å². The molecule has 5 nitrogen and oxygen atoms in total. The molecule has 0 aromatic heterocycles.